The van der Waals surface area contributed by atoms with Gasteiger partial charge in [0.05, 0.1) is 30.0 Å². The lowest BCUT2D eigenvalue weighted by Gasteiger charge is -2.39. The van der Waals surface area contributed by atoms with Crippen molar-refractivity contribution in [3.8, 4) is 5.69 Å². The van der Waals surface area contributed by atoms with Gasteiger partial charge in [0.1, 0.15) is 12.9 Å². The first-order valence-corrected chi connectivity index (χ1v) is 12.3. The zero-order chi connectivity index (χ0) is 24.6. The highest BCUT2D eigenvalue weighted by molar-refractivity contribution is 5.94. The van der Waals surface area contributed by atoms with E-state index in [1.807, 2.05) is 43.3 Å². The summed E-state index contributed by atoms with van der Waals surface area (Å²) >= 11 is 0. The van der Waals surface area contributed by atoms with Crippen LogP contribution in [0.2, 0.25) is 0 Å². The average molecular weight is 489 g/mol. The summed E-state index contributed by atoms with van der Waals surface area (Å²) in [5.74, 6) is -0.0522. The fourth-order valence-electron chi connectivity index (χ4n) is 5.43. The van der Waals surface area contributed by atoms with Gasteiger partial charge >= 0.3 is 5.97 Å². The number of carbonyl (C=O) groups is 2. The molecule has 186 valence electrons. The van der Waals surface area contributed by atoms with E-state index in [4.69, 9.17) is 9.47 Å². The third-order valence-electron chi connectivity index (χ3n) is 7.58. The maximum atomic E-state index is 13.1. The number of nitrogens with zero attached hydrogens (tertiary/aromatic N) is 5. The van der Waals surface area contributed by atoms with Crippen molar-refractivity contribution in [2.45, 2.75) is 44.6 Å². The number of tetrazole rings is 1. The molecule has 3 aliphatic rings. The van der Waals surface area contributed by atoms with Crippen LogP contribution in [0.1, 0.15) is 45.1 Å². The van der Waals surface area contributed by atoms with Crippen molar-refractivity contribution in [3.63, 3.8) is 0 Å². The van der Waals surface area contributed by atoms with Gasteiger partial charge in [-0.05, 0) is 58.7 Å². The summed E-state index contributed by atoms with van der Waals surface area (Å²) in [7, 11) is 0. The van der Waals surface area contributed by atoms with Crippen LogP contribution >= 0.6 is 0 Å². The van der Waals surface area contributed by atoms with Gasteiger partial charge in [-0.15, -0.1) is 5.10 Å². The molecule has 3 unspecified atom stereocenters. The first-order valence-electron chi connectivity index (χ1n) is 12.3. The number of aromatic nitrogens is 4. The molecule has 4 heterocycles. The molecule has 1 aromatic heterocycles. The summed E-state index contributed by atoms with van der Waals surface area (Å²) in [5, 5.41) is 14.7. The molecule has 6 rings (SSSR count). The van der Waals surface area contributed by atoms with Gasteiger partial charge in [0.2, 0.25) is 0 Å². The zero-order valence-electron chi connectivity index (χ0n) is 20.1. The Hall–Kier alpha value is -3.47. The lowest BCUT2D eigenvalue weighted by molar-refractivity contribution is -0.120. The number of carbonyl (C=O) groups excluding carboxylic acids is 2. The predicted octanol–water partition coefficient (Wildman–Crippen LogP) is 1.56. The molecule has 2 fully saturated rings. The molecule has 0 bridgehead atoms. The van der Waals surface area contributed by atoms with E-state index < -0.39 is 0 Å². The number of ketones is 1. The molecule has 3 atom stereocenters. The number of cyclic esters (lactones) is 1. The van der Waals surface area contributed by atoms with Crippen LogP contribution in [0, 0.1) is 6.92 Å². The van der Waals surface area contributed by atoms with E-state index in [1.165, 1.54) is 0 Å². The third-order valence-corrected chi connectivity index (χ3v) is 7.58. The molecular formula is C26H28N6O4. The standard InChI is InChI=1S/C26H28N6O4/c1-16-20(6-7-21-22(16)14-36-26(21)34)25-12-31-9-8-23(27-11-19(31)13-35-25)24(33)10-17-2-4-18(5-3-17)32-15-28-29-30-32/h2-7,15,19,23,25,27H,8-14H2,1H3. The molecule has 0 saturated carbocycles. The topological polar surface area (TPSA) is 111 Å². The molecule has 10 nitrogen and oxygen atoms in total. The molecule has 3 aromatic rings. The summed E-state index contributed by atoms with van der Waals surface area (Å²) in [6.45, 7) is 5.29. The molecular weight excluding hydrogens is 460 g/mol. The largest absolute Gasteiger partial charge is 0.457 e. The second kappa shape index (κ2) is 9.53. The molecule has 0 radical (unpaired) electrons. The number of ether oxygens (including phenoxy) is 2. The molecule has 2 aromatic carbocycles. The zero-order valence-corrected chi connectivity index (χ0v) is 20.1. The fraction of sp³-hybridized carbons (Fsp3) is 0.423. The van der Waals surface area contributed by atoms with Crippen LogP contribution in [0.25, 0.3) is 5.69 Å². The number of fused-ring (bicyclic) bond motifs is 2. The van der Waals surface area contributed by atoms with Crippen molar-refractivity contribution in [2.24, 2.45) is 0 Å². The summed E-state index contributed by atoms with van der Waals surface area (Å²) in [4.78, 5) is 27.4. The number of hydrogen-bond acceptors (Lipinski definition) is 9. The van der Waals surface area contributed by atoms with Gasteiger partial charge in [-0.1, -0.05) is 18.2 Å². The van der Waals surface area contributed by atoms with E-state index in [-0.39, 0.29) is 29.9 Å². The Morgan fingerprint density at radius 2 is 2.06 bits per heavy atom. The van der Waals surface area contributed by atoms with Gasteiger partial charge in [0, 0.05) is 37.7 Å². The Balaban J connectivity index is 1.08. The minimum absolute atomic E-state index is 0.0618. The van der Waals surface area contributed by atoms with Crippen LogP contribution in [-0.2, 0) is 27.3 Å². The number of hydrogen-bond donors (Lipinski definition) is 1. The van der Waals surface area contributed by atoms with Crippen molar-refractivity contribution < 1.29 is 19.1 Å². The molecule has 10 heteroatoms. The highest BCUT2D eigenvalue weighted by Crippen LogP contribution is 2.33. The van der Waals surface area contributed by atoms with E-state index in [1.54, 1.807) is 11.0 Å². The van der Waals surface area contributed by atoms with E-state index in [0.717, 1.165) is 47.5 Å². The molecule has 0 aliphatic carbocycles. The first kappa shape index (κ1) is 23.0. The molecule has 0 spiro atoms. The maximum absolute atomic E-state index is 13.1. The summed E-state index contributed by atoms with van der Waals surface area (Å²) in [5.41, 5.74) is 5.65. The number of esters is 1. The van der Waals surface area contributed by atoms with Gasteiger partial charge in [-0.25, -0.2) is 9.48 Å². The Kier molecular flexibility index (Phi) is 6.08. The van der Waals surface area contributed by atoms with Gasteiger partial charge in [-0.3, -0.25) is 9.69 Å². The van der Waals surface area contributed by atoms with Crippen LogP contribution in [0.4, 0.5) is 0 Å². The number of nitrogens with one attached hydrogen (secondary N) is 1. The van der Waals surface area contributed by atoms with Gasteiger partial charge in [0.25, 0.3) is 0 Å². The minimum atomic E-state index is -0.248. The predicted molar refractivity (Wildman–Crippen MR) is 129 cm³/mol. The molecule has 3 aliphatic heterocycles. The van der Waals surface area contributed by atoms with Crippen molar-refractivity contribution in [2.75, 3.05) is 26.2 Å². The SMILES string of the molecule is Cc1c(C2CN3CCC(C(=O)Cc4ccc(-n5cnnn5)cc4)NCC3CO2)ccc2c1COC2=O. The smallest absolute Gasteiger partial charge is 0.338 e. The highest BCUT2D eigenvalue weighted by Gasteiger charge is 2.35. The van der Waals surface area contributed by atoms with Crippen molar-refractivity contribution in [1.29, 1.82) is 0 Å². The third kappa shape index (κ3) is 4.32. The van der Waals surface area contributed by atoms with Crippen LogP contribution < -0.4 is 5.32 Å². The monoisotopic (exact) mass is 488 g/mol. The van der Waals surface area contributed by atoms with Gasteiger partial charge < -0.3 is 14.8 Å². The number of rotatable bonds is 5. The van der Waals surface area contributed by atoms with Crippen LogP contribution in [0.3, 0.4) is 0 Å². The summed E-state index contributed by atoms with van der Waals surface area (Å²) in [6.07, 6.45) is 2.62. The molecule has 36 heavy (non-hydrogen) atoms. The number of morpholine rings is 1. The number of benzene rings is 2. The number of Topliss-reactive ketones (excluding diaryl/α,β-unsaturated/α-hetero) is 1. The molecule has 1 N–H and O–H groups in total. The van der Waals surface area contributed by atoms with Crippen LogP contribution in [-0.4, -0.2) is 75.2 Å². The summed E-state index contributed by atoms with van der Waals surface area (Å²) < 4.78 is 13.1. The second-order valence-corrected chi connectivity index (χ2v) is 9.67. The van der Waals surface area contributed by atoms with E-state index in [2.05, 4.69) is 25.7 Å². The van der Waals surface area contributed by atoms with Crippen LogP contribution in [0.15, 0.2) is 42.7 Å². The maximum Gasteiger partial charge on any atom is 0.338 e. The lowest BCUT2D eigenvalue weighted by Crippen LogP contribution is -2.50. The van der Waals surface area contributed by atoms with E-state index in [9.17, 15) is 9.59 Å². The molecule has 0 amide bonds. The van der Waals surface area contributed by atoms with Crippen molar-refractivity contribution in [3.05, 3.63) is 70.5 Å². The lowest BCUT2D eigenvalue weighted by atomic mass is 9.94. The fourth-order valence-corrected chi connectivity index (χ4v) is 5.43. The second-order valence-electron chi connectivity index (χ2n) is 9.67. The Bertz CT molecular complexity index is 1280. The Morgan fingerprint density at radius 3 is 2.86 bits per heavy atom. The summed E-state index contributed by atoms with van der Waals surface area (Å²) in [6, 6.07) is 11.6. The highest BCUT2D eigenvalue weighted by atomic mass is 16.5. The Morgan fingerprint density at radius 1 is 1.19 bits per heavy atom. The van der Waals surface area contributed by atoms with Crippen molar-refractivity contribution >= 4 is 11.8 Å². The van der Waals surface area contributed by atoms with E-state index in [0.29, 0.717) is 31.7 Å². The molecule has 2 saturated heterocycles. The van der Waals surface area contributed by atoms with Gasteiger partial charge in [0.15, 0.2) is 5.78 Å². The van der Waals surface area contributed by atoms with Crippen molar-refractivity contribution in [1.82, 2.24) is 30.4 Å². The van der Waals surface area contributed by atoms with Crippen LogP contribution in [0.5, 0.6) is 0 Å². The quantitative estimate of drug-likeness (QED) is 0.535. The first-order chi connectivity index (χ1) is 17.6. The van der Waals surface area contributed by atoms with Gasteiger partial charge in [-0.2, -0.15) is 0 Å². The van der Waals surface area contributed by atoms with E-state index >= 15 is 0 Å². The Labute approximate surface area is 208 Å². The normalized spacial score (nSPS) is 24.0. The average Bonchev–Trinajstić information content (AvgIpc) is 3.51. The minimum Gasteiger partial charge on any atom is -0.457 e.